The van der Waals surface area contributed by atoms with E-state index < -0.39 is 12.1 Å². The molecule has 1 aromatic heterocycles. The van der Waals surface area contributed by atoms with Gasteiger partial charge in [-0.05, 0) is 37.6 Å². The molecule has 0 aliphatic heterocycles. The highest BCUT2D eigenvalue weighted by atomic mass is 16.5. The zero-order valence-corrected chi connectivity index (χ0v) is 14.7. The number of amides is 1. The molecule has 1 N–H and O–H groups in total. The van der Waals surface area contributed by atoms with Crippen LogP contribution in [0.5, 0.6) is 0 Å². The molecule has 0 bridgehead atoms. The number of carbonyl (C=O) groups is 2. The summed E-state index contributed by atoms with van der Waals surface area (Å²) in [6, 6.07) is 14.6. The number of rotatable bonds is 6. The van der Waals surface area contributed by atoms with E-state index >= 15 is 0 Å². The van der Waals surface area contributed by atoms with E-state index in [1.807, 2.05) is 37.3 Å². The highest BCUT2D eigenvalue weighted by Gasteiger charge is 2.19. The second kappa shape index (κ2) is 7.77. The summed E-state index contributed by atoms with van der Waals surface area (Å²) in [5.41, 5.74) is 2.77. The number of fused-ring (bicyclic) bond motifs is 1. The SMILES string of the molecule is CCn1nnc2cc(C(=O)O[C@H](C)C(=O)NCc3ccccc3)ccc21. The third kappa shape index (κ3) is 3.88. The van der Waals surface area contributed by atoms with E-state index in [0.717, 1.165) is 11.1 Å². The van der Waals surface area contributed by atoms with Gasteiger partial charge in [-0.3, -0.25) is 4.79 Å². The van der Waals surface area contributed by atoms with Crippen LogP contribution in [0.1, 0.15) is 29.8 Å². The maximum Gasteiger partial charge on any atom is 0.338 e. The number of nitrogens with one attached hydrogen (secondary N) is 1. The van der Waals surface area contributed by atoms with Crippen molar-refractivity contribution in [1.29, 1.82) is 0 Å². The van der Waals surface area contributed by atoms with Crippen molar-refractivity contribution in [3.63, 3.8) is 0 Å². The Morgan fingerprint density at radius 2 is 1.96 bits per heavy atom. The van der Waals surface area contributed by atoms with E-state index in [0.29, 0.717) is 24.2 Å². The Balaban J connectivity index is 1.60. The molecule has 3 rings (SSSR count). The third-order valence-electron chi connectivity index (χ3n) is 4.01. The smallest absolute Gasteiger partial charge is 0.338 e. The van der Waals surface area contributed by atoms with Gasteiger partial charge >= 0.3 is 5.97 Å². The van der Waals surface area contributed by atoms with Gasteiger partial charge in [-0.1, -0.05) is 35.5 Å². The number of aryl methyl sites for hydroxylation is 1. The van der Waals surface area contributed by atoms with E-state index in [1.54, 1.807) is 29.8 Å². The number of benzene rings is 2. The van der Waals surface area contributed by atoms with Crippen LogP contribution >= 0.6 is 0 Å². The fraction of sp³-hybridized carbons (Fsp3) is 0.263. The molecule has 2 aromatic carbocycles. The second-order valence-corrected chi connectivity index (χ2v) is 5.86. The lowest BCUT2D eigenvalue weighted by molar-refractivity contribution is -0.129. The van der Waals surface area contributed by atoms with Gasteiger partial charge in [-0.15, -0.1) is 5.10 Å². The van der Waals surface area contributed by atoms with Crippen LogP contribution in [-0.2, 0) is 22.6 Å². The molecule has 0 aliphatic rings. The van der Waals surface area contributed by atoms with Gasteiger partial charge in [0, 0.05) is 13.1 Å². The number of hydrogen-bond acceptors (Lipinski definition) is 5. The molecule has 0 fully saturated rings. The molecule has 3 aromatic rings. The number of esters is 1. The quantitative estimate of drug-likeness (QED) is 0.688. The Labute approximate surface area is 151 Å². The first kappa shape index (κ1) is 17.6. The van der Waals surface area contributed by atoms with Crippen LogP contribution in [0.2, 0.25) is 0 Å². The number of ether oxygens (including phenoxy) is 1. The zero-order valence-electron chi connectivity index (χ0n) is 14.7. The molecule has 1 heterocycles. The summed E-state index contributed by atoms with van der Waals surface area (Å²) in [7, 11) is 0. The van der Waals surface area contributed by atoms with Crippen LogP contribution in [0.3, 0.4) is 0 Å². The number of nitrogens with zero attached hydrogens (tertiary/aromatic N) is 3. The first-order valence-corrected chi connectivity index (χ1v) is 8.44. The van der Waals surface area contributed by atoms with E-state index in [-0.39, 0.29) is 5.91 Å². The number of aromatic nitrogens is 3. The Kier molecular flexibility index (Phi) is 5.26. The third-order valence-corrected chi connectivity index (χ3v) is 4.01. The largest absolute Gasteiger partial charge is 0.449 e. The van der Waals surface area contributed by atoms with Gasteiger partial charge in [-0.25, -0.2) is 9.48 Å². The average Bonchev–Trinajstić information content (AvgIpc) is 3.09. The highest BCUT2D eigenvalue weighted by Crippen LogP contribution is 2.15. The standard InChI is InChI=1S/C19H20N4O3/c1-3-23-17-10-9-15(11-16(17)21-22-23)19(25)26-13(2)18(24)20-12-14-7-5-4-6-8-14/h4-11,13H,3,12H2,1-2H3,(H,20,24)/t13-/m1/s1. The molecule has 26 heavy (non-hydrogen) atoms. The molecular formula is C19H20N4O3. The minimum Gasteiger partial charge on any atom is -0.449 e. The van der Waals surface area contributed by atoms with Crippen molar-refractivity contribution in [3.05, 3.63) is 59.7 Å². The van der Waals surface area contributed by atoms with Crippen LogP contribution in [0.4, 0.5) is 0 Å². The van der Waals surface area contributed by atoms with Gasteiger partial charge in [0.15, 0.2) is 6.10 Å². The number of hydrogen-bond donors (Lipinski definition) is 1. The monoisotopic (exact) mass is 352 g/mol. The van der Waals surface area contributed by atoms with Crippen molar-refractivity contribution in [2.75, 3.05) is 0 Å². The molecule has 7 nitrogen and oxygen atoms in total. The molecule has 7 heteroatoms. The fourth-order valence-corrected chi connectivity index (χ4v) is 2.54. The molecule has 0 unspecified atom stereocenters. The summed E-state index contributed by atoms with van der Waals surface area (Å²) in [5, 5.41) is 10.8. The van der Waals surface area contributed by atoms with Crippen LogP contribution in [0.15, 0.2) is 48.5 Å². The van der Waals surface area contributed by atoms with Crippen LogP contribution in [0, 0.1) is 0 Å². The van der Waals surface area contributed by atoms with E-state index in [1.165, 1.54) is 0 Å². The van der Waals surface area contributed by atoms with Gasteiger partial charge in [0.1, 0.15) is 5.52 Å². The maximum atomic E-state index is 12.3. The molecule has 1 atom stereocenters. The van der Waals surface area contributed by atoms with Crippen molar-refractivity contribution in [1.82, 2.24) is 20.3 Å². The van der Waals surface area contributed by atoms with E-state index in [9.17, 15) is 9.59 Å². The summed E-state index contributed by atoms with van der Waals surface area (Å²) >= 11 is 0. The molecule has 0 saturated carbocycles. The molecular weight excluding hydrogens is 332 g/mol. The van der Waals surface area contributed by atoms with E-state index in [2.05, 4.69) is 15.6 Å². The predicted octanol–water partition coefficient (Wildman–Crippen LogP) is 2.31. The lowest BCUT2D eigenvalue weighted by atomic mass is 10.2. The summed E-state index contributed by atoms with van der Waals surface area (Å²) in [6.07, 6.45) is -0.895. The fourth-order valence-electron chi connectivity index (χ4n) is 2.54. The average molecular weight is 352 g/mol. The van der Waals surface area contributed by atoms with Crippen molar-refractivity contribution >= 4 is 22.9 Å². The predicted molar refractivity (Wildman–Crippen MR) is 96.4 cm³/mol. The van der Waals surface area contributed by atoms with Gasteiger partial charge in [0.2, 0.25) is 0 Å². The summed E-state index contributed by atoms with van der Waals surface area (Å²) in [5.74, 6) is -0.916. The minimum absolute atomic E-state index is 0.336. The number of carbonyl (C=O) groups excluding carboxylic acids is 2. The maximum absolute atomic E-state index is 12.3. The van der Waals surface area contributed by atoms with Crippen LogP contribution < -0.4 is 5.32 Å². The Morgan fingerprint density at radius 1 is 1.19 bits per heavy atom. The molecule has 134 valence electrons. The van der Waals surface area contributed by atoms with Crippen molar-refractivity contribution < 1.29 is 14.3 Å². The summed E-state index contributed by atoms with van der Waals surface area (Å²) < 4.78 is 7.00. The minimum atomic E-state index is -0.895. The molecule has 0 aliphatic carbocycles. The lowest BCUT2D eigenvalue weighted by Gasteiger charge is -2.13. The van der Waals surface area contributed by atoms with Gasteiger partial charge in [0.25, 0.3) is 5.91 Å². The summed E-state index contributed by atoms with van der Waals surface area (Å²) in [6.45, 7) is 4.59. The molecule has 0 radical (unpaired) electrons. The van der Waals surface area contributed by atoms with Gasteiger partial charge < -0.3 is 10.1 Å². The lowest BCUT2D eigenvalue weighted by Crippen LogP contribution is -2.35. The Bertz CT molecular complexity index is 921. The summed E-state index contributed by atoms with van der Waals surface area (Å²) in [4.78, 5) is 24.4. The normalized spacial score (nSPS) is 11.9. The topological polar surface area (TPSA) is 86.1 Å². The highest BCUT2D eigenvalue weighted by molar-refractivity contribution is 5.95. The zero-order chi connectivity index (χ0) is 18.5. The first-order valence-electron chi connectivity index (χ1n) is 8.44. The van der Waals surface area contributed by atoms with Crippen molar-refractivity contribution in [2.24, 2.45) is 0 Å². The van der Waals surface area contributed by atoms with Crippen LogP contribution in [0.25, 0.3) is 11.0 Å². The van der Waals surface area contributed by atoms with Crippen molar-refractivity contribution in [2.45, 2.75) is 33.0 Å². The molecule has 1 amide bonds. The Hall–Kier alpha value is -3.22. The Morgan fingerprint density at radius 3 is 2.69 bits per heavy atom. The second-order valence-electron chi connectivity index (χ2n) is 5.86. The van der Waals surface area contributed by atoms with Crippen molar-refractivity contribution in [3.8, 4) is 0 Å². The van der Waals surface area contributed by atoms with E-state index in [4.69, 9.17) is 4.74 Å². The molecule has 0 saturated heterocycles. The first-order chi connectivity index (χ1) is 12.6. The van der Waals surface area contributed by atoms with Crippen LogP contribution in [-0.4, -0.2) is 33.0 Å². The van der Waals surface area contributed by atoms with Gasteiger partial charge in [-0.2, -0.15) is 0 Å². The van der Waals surface area contributed by atoms with Gasteiger partial charge in [0.05, 0.1) is 11.1 Å². The molecule has 0 spiro atoms.